The number of hydrogen-bond acceptors (Lipinski definition) is 4. The SMILES string of the molecule is Cc1cc(C(=O)Nc2cnccc2C)nc(C2CC2)n1. The van der Waals surface area contributed by atoms with Gasteiger partial charge in [-0.25, -0.2) is 9.97 Å². The Labute approximate surface area is 117 Å². The monoisotopic (exact) mass is 268 g/mol. The van der Waals surface area contributed by atoms with Gasteiger partial charge in [-0.05, 0) is 44.4 Å². The Morgan fingerprint density at radius 2 is 2.10 bits per heavy atom. The molecule has 0 spiro atoms. The summed E-state index contributed by atoms with van der Waals surface area (Å²) in [4.78, 5) is 25.1. The third kappa shape index (κ3) is 2.66. The summed E-state index contributed by atoms with van der Waals surface area (Å²) in [5, 5.41) is 2.85. The molecule has 0 radical (unpaired) electrons. The van der Waals surface area contributed by atoms with Crippen molar-refractivity contribution in [1.82, 2.24) is 15.0 Å². The molecule has 20 heavy (non-hydrogen) atoms. The summed E-state index contributed by atoms with van der Waals surface area (Å²) in [6.07, 6.45) is 5.58. The van der Waals surface area contributed by atoms with Crippen LogP contribution in [0, 0.1) is 13.8 Å². The first-order chi connectivity index (χ1) is 9.63. The number of aryl methyl sites for hydroxylation is 2. The molecule has 0 aromatic carbocycles. The first-order valence-corrected chi connectivity index (χ1v) is 6.71. The third-order valence-electron chi connectivity index (χ3n) is 3.33. The molecule has 0 aliphatic heterocycles. The zero-order chi connectivity index (χ0) is 14.1. The number of nitrogens with zero attached hydrogens (tertiary/aromatic N) is 3. The van der Waals surface area contributed by atoms with Gasteiger partial charge in [-0.15, -0.1) is 0 Å². The highest BCUT2D eigenvalue weighted by Gasteiger charge is 2.27. The number of rotatable bonds is 3. The van der Waals surface area contributed by atoms with E-state index in [1.54, 1.807) is 18.5 Å². The van der Waals surface area contributed by atoms with E-state index >= 15 is 0 Å². The molecule has 5 nitrogen and oxygen atoms in total. The molecule has 1 aliphatic carbocycles. The number of amides is 1. The van der Waals surface area contributed by atoms with Gasteiger partial charge in [-0.1, -0.05) is 0 Å². The van der Waals surface area contributed by atoms with Gasteiger partial charge in [0.15, 0.2) is 0 Å². The molecule has 0 unspecified atom stereocenters. The van der Waals surface area contributed by atoms with E-state index in [-0.39, 0.29) is 5.91 Å². The van der Waals surface area contributed by atoms with E-state index in [1.807, 2.05) is 19.9 Å². The van der Waals surface area contributed by atoms with Gasteiger partial charge in [0.2, 0.25) is 0 Å². The van der Waals surface area contributed by atoms with Crippen molar-refractivity contribution < 1.29 is 4.79 Å². The lowest BCUT2D eigenvalue weighted by Crippen LogP contribution is -2.16. The Balaban J connectivity index is 1.85. The maximum absolute atomic E-state index is 12.3. The highest BCUT2D eigenvalue weighted by atomic mass is 16.1. The summed E-state index contributed by atoms with van der Waals surface area (Å²) in [5.74, 6) is 1.01. The molecule has 1 amide bonds. The van der Waals surface area contributed by atoms with Crippen molar-refractivity contribution in [2.24, 2.45) is 0 Å². The Bertz CT molecular complexity index is 665. The molecule has 3 rings (SSSR count). The van der Waals surface area contributed by atoms with Crippen molar-refractivity contribution in [1.29, 1.82) is 0 Å². The molecule has 0 bridgehead atoms. The topological polar surface area (TPSA) is 67.8 Å². The van der Waals surface area contributed by atoms with E-state index in [1.165, 1.54) is 0 Å². The van der Waals surface area contributed by atoms with Gasteiger partial charge in [-0.3, -0.25) is 9.78 Å². The maximum Gasteiger partial charge on any atom is 0.274 e. The van der Waals surface area contributed by atoms with Gasteiger partial charge in [-0.2, -0.15) is 0 Å². The van der Waals surface area contributed by atoms with Crippen LogP contribution >= 0.6 is 0 Å². The zero-order valence-electron chi connectivity index (χ0n) is 11.6. The van der Waals surface area contributed by atoms with E-state index in [0.29, 0.717) is 17.3 Å². The predicted octanol–water partition coefficient (Wildman–Crippen LogP) is 2.62. The largest absolute Gasteiger partial charge is 0.319 e. The average molecular weight is 268 g/mol. The van der Waals surface area contributed by atoms with Crippen LogP contribution in [0.25, 0.3) is 0 Å². The Hall–Kier alpha value is -2.30. The fourth-order valence-electron chi connectivity index (χ4n) is 2.01. The van der Waals surface area contributed by atoms with Crippen LogP contribution in [-0.2, 0) is 0 Å². The Kier molecular flexibility index (Phi) is 3.18. The van der Waals surface area contributed by atoms with Crippen LogP contribution in [0.4, 0.5) is 5.69 Å². The number of carbonyl (C=O) groups excluding carboxylic acids is 1. The highest BCUT2D eigenvalue weighted by molar-refractivity contribution is 6.03. The number of anilines is 1. The lowest BCUT2D eigenvalue weighted by molar-refractivity contribution is 0.102. The minimum Gasteiger partial charge on any atom is -0.319 e. The molecule has 2 aromatic rings. The Morgan fingerprint density at radius 3 is 2.80 bits per heavy atom. The fourth-order valence-corrected chi connectivity index (χ4v) is 2.01. The predicted molar refractivity (Wildman–Crippen MR) is 75.7 cm³/mol. The highest BCUT2D eigenvalue weighted by Crippen LogP contribution is 2.38. The van der Waals surface area contributed by atoms with E-state index < -0.39 is 0 Å². The molecule has 1 fully saturated rings. The van der Waals surface area contributed by atoms with Crippen LogP contribution in [0.5, 0.6) is 0 Å². The van der Waals surface area contributed by atoms with E-state index in [9.17, 15) is 4.79 Å². The minimum atomic E-state index is -0.214. The number of hydrogen-bond donors (Lipinski definition) is 1. The van der Waals surface area contributed by atoms with Crippen molar-refractivity contribution in [3.05, 3.63) is 47.3 Å². The maximum atomic E-state index is 12.3. The van der Waals surface area contributed by atoms with Crippen molar-refractivity contribution in [2.45, 2.75) is 32.6 Å². The number of aromatic nitrogens is 3. The van der Waals surface area contributed by atoms with Crippen LogP contribution in [-0.4, -0.2) is 20.9 Å². The summed E-state index contributed by atoms with van der Waals surface area (Å²) in [5.41, 5.74) is 2.93. The van der Waals surface area contributed by atoms with Crippen LogP contribution in [0.2, 0.25) is 0 Å². The fraction of sp³-hybridized carbons (Fsp3) is 0.333. The molecule has 1 aliphatic rings. The van der Waals surface area contributed by atoms with Crippen molar-refractivity contribution in [3.8, 4) is 0 Å². The normalized spacial score (nSPS) is 14.1. The molecule has 0 saturated heterocycles. The summed E-state index contributed by atoms with van der Waals surface area (Å²) >= 11 is 0. The standard InChI is InChI=1S/C15H16N4O/c1-9-5-6-16-8-13(9)19-15(20)12-7-10(2)17-14(18-12)11-3-4-11/h5-8,11H,3-4H2,1-2H3,(H,19,20). The van der Waals surface area contributed by atoms with Crippen molar-refractivity contribution in [2.75, 3.05) is 5.32 Å². The third-order valence-corrected chi connectivity index (χ3v) is 3.33. The van der Waals surface area contributed by atoms with Crippen LogP contribution in [0.15, 0.2) is 24.5 Å². The molecule has 0 atom stereocenters. The molecule has 5 heteroatoms. The number of pyridine rings is 1. The van der Waals surface area contributed by atoms with Gasteiger partial charge >= 0.3 is 0 Å². The molecule has 2 aromatic heterocycles. The summed E-state index contributed by atoms with van der Waals surface area (Å²) < 4.78 is 0. The second-order valence-corrected chi connectivity index (χ2v) is 5.17. The lowest BCUT2D eigenvalue weighted by atomic mass is 10.2. The second kappa shape index (κ2) is 5.00. The summed E-state index contributed by atoms with van der Waals surface area (Å²) in [7, 11) is 0. The number of nitrogens with one attached hydrogen (secondary N) is 1. The van der Waals surface area contributed by atoms with Crippen LogP contribution in [0.3, 0.4) is 0 Å². The van der Waals surface area contributed by atoms with Crippen LogP contribution in [0.1, 0.15) is 46.3 Å². The molecule has 1 saturated carbocycles. The van der Waals surface area contributed by atoms with Crippen LogP contribution < -0.4 is 5.32 Å². The molecular formula is C15H16N4O. The quantitative estimate of drug-likeness (QED) is 0.929. The molecular weight excluding hydrogens is 252 g/mol. The van der Waals surface area contributed by atoms with Gasteiger partial charge in [0.1, 0.15) is 11.5 Å². The van der Waals surface area contributed by atoms with Gasteiger partial charge in [0.25, 0.3) is 5.91 Å². The second-order valence-electron chi connectivity index (χ2n) is 5.17. The van der Waals surface area contributed by atoms with E-state index in [2.05, 4.69) is 20.3 Å². The molecule has 102 valence electrons. The van der Waals surface area contributed by atoms with Gasteiger partial charge in [0, 0.05) is 17.8 Å². The van der Waals surface area contributed by atoms with Crippen molar-refractivity contribution in [3.63, 3.8) is 0 Å². The minimum absolute atomic E-state index is 0.214. The number of carbonyl (C=O) groups is 1. The average Bonchev–Trinajstić information content (AvgIpc) is 3.25. The van der Waals surface area contributed by atoms with E-state index in [4.69, 9.17) is 0 Å². The van der Waals surface area contributed by atoms with Crippen molar-refractivity contribution >= 4 is 11.6 Å². The summed E-state index contributed by atoms with van der Waals surface area (Å²) in [6, 6.07) is 3.57. The van der Waals surface area contributed by atoms with Gasteiger partial charge in [0.05, 0.1) is 11.9 Å². The summed E-state index contributed by atoms with van der Waals surface area (Å²) in [6.45, 7) is 3.82. The lowest BCUT2D eigenvalue weighted by Gasteiger charge is -2.08. The first-order valence-electron chi connectivity index (χ1n) is 6.71. The van der Waals surface area contributed by atoms with E-state index in [0.717, 1.165) is 29.9 Å². The van der Waals surface area contributed by atoms with Gasteiger partial charge < -0.3 is 5.32 Å². The zero-order valence-corrected chi connectivity index (χ0v) is 11.6. The Morgan fingerprint density at radius 1 is 1.30 bits per heavy atom. The molecule has 2 heterocycles. The molecule has 1 N–H and O–H groups in total. The first kappa shape index (κ1) is 12.7. The smallest absolute Gasteiger partial charge is 0.274 e.